The Bertz CT molecular complexity index is 528. The van der Waals surface area contributed by atoms with Crippen molar-refractivity contribution in [3.8, 4) is 0 Å². The number of halogens is 1. The molecule has 9 heteroatoms. The summed E-state index contributed by atoms with van der Waals surface area (Å²) in [6.07, 6.45) is 0.891. The number of aliphatic imine (C=N–C) groups is 1. The van der Waals surface area contributed by atoms with Crippen LogP contribution in [0.1, 0.15) is 26.6 Å². The minimum Gasteiger partial charge on any atom is -0.377 e. The van der Waals surface area contributed by atoms with Crippen molar-refractivity contribution in [3.05, 3.63) is 5.82 Å². The van der Waals surface area contributed by atoms with Crippen LogP contribution in [0.2, 0.25) is 0 Å². The number of aromatic nitrogens is 2. The minimum atomic E-state index is -0.207. The summed E-state index contributed by atoms with van der Waals surface area (Å²) in [7, 11) is 3.56. The van der Waals surface area contributed by atoms with E-state index in [1.54, 1.807) is 7.11 Å². The highest BCUT2D eigenvalue weighted by Crippen LogP contribution is 2.19. The van der Waals surface area contributed by atoms with E-state index < -0.39 is 0 Å². The second-order valence-corrected chi connectivity index (χ2v) is 6.92. The van der Waals surface area contributed by atoms with Crippen molar-refractivity contribution in [3.63, 3.8) is 0 Å². The summed E-state index contributed by atoms with van der Waals surface area (Å²) in [6, 6.07) is 0. The van der Waals surface area contributed by atoms with E-state index in [0.29, 0.717) is 0 Å². The number of aryl methyl sites for hydroxylation is 1. The van der Waals surface area contributed by atoms with Gasteiger partial charge >= 0.3 is 0 Å². The molecule has 1 N–H and O–H groups in total. The first-order chi connectivity index (χ1) is 11.0. The van der Waals surface area contributed by atoms with Crippen molar-refractivity contribution >= 4 is 46.6 Å². The Morgan fingerprint density at radius 2 is 2.00 bits per heavy atom. The Morgan fingerprint density at radius 3 is 2.50 bits per heavy atom. The molecule has 2 rings (SSSR count). The quantitative estimate of drug-likeness (QED) is 0.404. The molecule has 138 valence electrons. The first kappa shape index (κ1) is 21.4. The Kier molecular flexibility index (Phi) is 8.65. The lowest BCUT2D eigenvalue weighted by Crippen LogP contribution is -2.54. The molecule has 1 aliphatic heterocycles. The van der Waals surface area contributed by atoms with Gasteiger partial charge in [-0.15, -0.1) is 24.0 Å². The van der Waals surface area contributed by atoms with Crippen molar-refractivity contribution in [2.75, 3.05) is 51.8 Å². The largest absolute Gasteiger partial charge is 0.377 e. The van der Waals surface area contributed by atoms with Crippen molar-refractivity contribution in [2.45, 2.75) is 32.8 Å². The average molecular weight is 468 g/mol. The lowest BCUT2D eigenvalue weighted by Gasteiger charge is -2.37. The summed E-state index contributed by atoms with van der Waals surface area (Å²) in [5.74, 6) is 1.87. The summed E-state index contributed by atoms with van der Waals surface area (Å²) >= 11 is 1.50. The second-order valence-electron chi connectivity index (χ2n) is 6.19. The molecule has 0 aromatic carbocycles. The molecule has 0 amide bonds. The molecule has 7 nitrogen and oxygen atoms in total. The Hall–Kier alpha value is -0.680. The van der Waals surface area contributed by atoms with Crippen molar-refractivity contribution < 1.29 is 4.74 Å². The van der Waals surface area contributed by atoms with Crippen molar-refractivity contribution in [2.24, 2.45) is 4.99 Å². The predicted octanol–water partition coefficient (Wildman–Crippen LogP) is 1.84. The summed E-state index contributed by atoms with van der Waals surface area (Å²) in [4.78, 5) is 13.6. The molecular weight excluding hydrogens is 439 g/mol. The highest BCUT2D eigenvalue weighted by Gasteiger charge is 2.23. The fraction of sp³-hybridized carbons (Fsp3) is 0.800. The maximum atomic E-state index is 5.45. The van der Waals surface area contributed by atoms with Gasteiger partial charge in [-0.2, -0.15) is 4.37 Å². The molecular formula is C15H29IN6OS. The van der Waals surface area contributed by atoms with Crippen LogP contribution in [0, 0.1) is 0 Å². The SMILES string of the molecule is CCc1nsc(N2CCN(C(=NC)NCC(C)(C)OC)CC2)n1.I. The summed E-state index contributed by atoms with van der Waals surface area (Å²) in [5, 5.41) is 4.44. The molecule has 0 unspecified atom stereocenters. The smallest absolute Gasteiger partial charge is 0.205 e. The number of anilines is 1. The van der Waals surface area contributed by atoms with E-state index >= 15 is 0 Å². The second kappa shape index (κ2) is 9.71. The van der Waals surface area contributed by atoms with Crippen LogP contribution in [0.4, 0.5) is 5.13 Å². The summed E-state index contributed by atoms with van der Waals surface area (Å²) in [5.41, 5.74) is -0.207. The van der Waals surface area contributed by atoms with Crippen LogP contribution < -0.4 is 10.2 Å². The van der Waals surface area contributed by atoms with Gasteiger partial charge in [0, 0.05) is 64.8 Å². The Balaban J connectivity index is 0.00000288. The van der Waals surface area contributed by atoms with Gasteiger partial charge in [0.2, 0.25) is 5.13 Å². The van der Waals surface area contributed by atoms with Crippen LogP contribution in [-0.4, -0.2) is 72.7 Å². The van der Waals surface area contributed by atoms with Crippen molar-refractivity contribution in [1.29, 1.82) is 0 Å². The van der Waals surface area contributed by atoms with E-state index in [1.165, 1.54) is 11.5 Å². The first-order valence-electron chi connectivity index (χ1n) is 8.07. The standard InChI is InChI=1S/C15H28N6OS.HI/c1-6-12-18-14(23-19-12)21-9-7-20(8-10-21)13(16-4)17-11-15(2,3)22-5;/h6-11H2,1-5H3,(H,16,17);1H. The molecule has 0 saturated carbocycles. The monoisotopic (exact) mass is 468 g/mol. The Morgan fingerprint density at radius 1 is 1.33 bits per heavy atom. The highest BCUT2D eigenvalue weighted by atomic mass is 127. The molecule has 0 radical (unpaired) electrons. The van der Waals surface area contributed by atoms with Gasteiger partial charge in [0.1, 0.15) is 5.82 Å². The predicted molar refractivity (Wildman–Crippen MR) is 111 cm³/mol. The molecule has 0 atom stereocenters. The summed E-state index contributed by atoms with van der Waals surface area (Å²) in [6.45, 7) is 10.7. The number of hydrogen-bond donors (Lipinski definition) is 1. The lowest BCUT2D eigenvalue weighted by molar-refractivity contribution is 0.0263. The van der Waals surface area contributed by atoms with Gasteiger partial charge in [0.05, 0.1) is 5.60 Å². The maximum absolute atomic E-state index is 5.45. The van der Waals surface area contributed by atoms with Gasteiger partial charge in [-0.3, -0.25) is 4.99 Å². The third-order valence-electron chi connectivity index (χ3n) is 4.06. The number of ether oxygens (including phenoxy) is 1. The van der Waals surface area contributed by atoms with Crippen LogP contribution >= 0.6 is 35.5 Å². The van der Waals surface area contributed by atoms with Crippen LogP contribution in [0.3, 0.4) is 0 Å². The normalized spacial score (nSPS) is 16.1. The molecule has 24 heavy (non-hydrogen) atoms. The summed E-state index contributed by atoms with van der Waals surface area (Å²) < 4.78 is 9.82. The number of rotatable bonds is 5. The fourth-order valence-electron chi connectivity index (χ4n) is 2.32. The van der Waals surface area contributed by atoms with Gasteiger partial charge in [0.25, 0.3) is 0 Å². The maximum Gasteiger partial charge on any atom is 0.205 e. The number of piperazine rings is 1. The number of nitrogens with zero attached hydrogens (tertiary/aromatic N) is 5. The van der Waals surface area contributed by atoms with Crippen molar-refractivity contribution in [1.82, 2.24) is 19.6 Å². The third kappa shape index (κ3) is 5.69. The van der Waals surface area contributed by atoms with E-state index in [4.69, 9.17) is 4.74 Å². The van der Waals surface area contributed by atoms with Gasteiger partial charge in [0.15, 0.2) is 5.96 Å². The Labute approximate surface area is 166 Å². The fourth-order valence-corrected chi connectivity index (χ4v) is 3.12. The minimum absolute atomic E-state index is 0. The molecule has 1 aromatic heterocycles. The third-order valence-corrected chi connectivity index (χ3v) is 4.87. The van der Waals surface area contributed by atoms with E-state index in [-0.39, 0.29) is 29.6 Å². The number of nitrogens with one attached hydrogen (secondary N) is 1. The van der Waals surface area contributed by atoms with Gasteiger partial charge in [-0.25, -0.2) is 4.98 Å². The van der Waals surface area contributed by atoms with E-state index in [9.17, 15) is 0 Å². The molecule has 2 heterocycles. The van der Waals surface area contributed by atoms with E-state index in [2.05, 4.69) is 50.2 Å². The zero-order chi connectivity index (χ0) is 16.9. The number of hydrogen-bond acceptors (Lipinski definition) is 6. The lowest BCUT2D eigenvalue weighted by atomic mass is 10.1. The average Bonchev–Trinajstić information content (AvgIpc) is 3.05. The zero-order valence-electron chi connectivity index (χ0n) is 15.2. The van der Waals surface area contributed by atoms with Crippen LogP contribution in [0.5, 0.6) is 0 Å². The van der Waals surface area contributed by atoms with Gasteiger partial charge < -0.3 is 19.9 Å². The molecule has 0 bridgehead atoms. The molecule has 0 aliphatic carbocycles. The van der Waals surface area contributed by atoms with Crippen LogP contribution in [0.15, 0.2) is 4.99 Å². The topological polar surface area (TPSA) is 65.9 Å². The van der Waals surface area contributed by atoms with E-state index in [0.717, 1.165) is 56.1 Å². The van der Waals surface area contributed by atoms with E-state index in [1.807, 2.05) is 7.05 Å². The molecule has 0 spiro atoms. The van der Waals surface area contributed by atoms with Crippen LogP contribution in [0.25, 0.3) is 0 Å². The van der Waals surface area contributed by atoms with Gasteiger partial charge in [-0.1, -0.05) is 6.92 Å². The highest BCUT2D eigenvalue weighted by molar-refractivity contribution is 14.0. The molecule has 1 aromatic rings. The number of methoxy groups -OCH3 is 1. The molecule has 1 aliphatic rings. The molecule has 1 fully saturated rings. The van der Waals surface area contributed by atoms with Gasteiger partial charge in [-0.05, 0) is 13.8 Å². The number of guanidine groups is 1. The zero-order valence-corrected chi connectivity index (χ0v) is 18.4. The molecule has 1 saturated heterocycles. The first-order valence-corrected chi connectivity index (χ1v) is 8.84. The van der Waals surface area contributed by atoms with Crippen LogP contribution in [-0.2, 0) is 11.2 Å².